The highest BCUT2D eigenvalue weighted by atomic mass is 32.1. The largest absolute Gasteiger partial charge is 0.695 e. The van der Waals surface area contributed by atoms with E-state index in [0.717, 1.165) is 21.2 Å². The molecule has 6 N–H and O–H groups in total. The van der Waals surface area contributed by atoms with Gasteiger partial charge < -0.3 is 34.8 Å². The molecule has 0 spiro atoms. The zero-order valence-electron chi connectivity index (χ0n) is 18.6. The van der Waals surface area contributed by atoms with Crippen LogP contribution in [0.25, 0.3) is 10.9 Å². The number of anilines is 1. The number of rotatable bonds is 8. The molecular formula is C21H22N6O7PS+. The summed E-state index contributed by atoms with van der Waals surface area (Å²) in [5, 5.41) is 11.7. The van der Waals surface area contributed by atoms with E-state index in [-0.39, 0.29) is 12.4 Å². The molecule has 4 heterocycles. The molecule has 188 valence electrons. The number of nitrogens with two attached hydrogens (primary N) is 1. The summed E-state index contributed by atoms with van der Waals surface area (Å²) in [6.07, 6.45) is 0.101. The van der Waals surface area contributed by atoms with Crippen LogP contribution in [0.1, 0.15) is 11.9 Å². The average Bonchev–Trinajstić information content (AvgIpc) is 3.51. The monoisotopic (exact) mass is 533 g/mol. The maximum atomic E-state index is 12.3. The molecule has 5 rings (SSSR count). The lowest BCUT2D eigenvalue weighted by molar-refractivity contribution is -0.0510. The van der Waals surface area contributed by atoms with Gasteiger partial charge in [0, 0.05) is 28.5 Å². The lowest BCUT2D eigenvalue weighted by atomic mass is 10.1. The highest BCUT2D eigenvalue weighted by Gasteiger charge is 2.50. The number of imidazole rings is 1. The topological polar surface area (TPSA) is 183 Å². The molecule has 1 aliphatic heterocycles. The summed E-state index contributed by atoms with van der Waals surface area (Å²) in [4.78, 5) is 31.3. The highest BCUT2D eigenvalue weighted by Crippen LogP contribution is 2.36. The molecule has 1 saturated heterocycles. The number of aromatic amines is 2. The Bertz CT molecular complexity index is 1530. The quantitative estimate of drug-likeness (QED) is 0.165. The van der Waals surface area contributed by atoms with Crippen LogP contribution in [0.2, 0.25) is 0 Å². The minimum absolute atomic E-state index is 0.00660. The van der Waals surface area contributed by atoms with Gasteiger partial charge in [-0.15, -0.1) is 9.42 Å². The lowest BCUT2D eigenvalue weighted by Gasteiger charge is -2.17. The molecule has 1 aliphatic rings. The lowest BCUT2D eigenvalue weighted by Crippen LogP contribution is -2.37. The van der Waals surface area contributed by atoms with E-state index in [0.29, 0.717) is 17.1 Å². The van der Waals surface area contributed by atoms with Crippen molar-refractivity contribution in [1.82, 2.24) is 24.1 Å². The normalized spacial score (nSPS) is 22.2. The number of aliphatic hydroxyl groups is 1. The Kier molecular flexibility index (Phi) is 6.71. The summed E-state index contributed by atoms with van der Waals surface area (Å²) < 4.78 is 31.9. The Labute approximate surface area is 209 Å². The standard InChI is InChI=1S/C21H21N6O7PS/c22-15-5-7-27(21(29)25-15)19-17(28)18(34-35(30)31)14(33-19)10-32-13-3-1-2-11-4-6-26(16(11)13)9-12-8-23-20(36)24-12/h1-8,14,17-19,28H,9-10H2,(H4-,22,23,24,25,29,30,31,36)/p+1/t14-,17-,18-,19-/m1/s1. The van der Waals surface area contributed by atoms with Crippen LogP contribution in [0.5, 0.6) is 5.75 Å². The van der Waals surface area contributed by atoms with Crippen LogP contribution >= 0.6 is 20.5 Å². The smallest absolute Gasteiger partial charge is 0.489 e. The summed E-state index contributed by atoms with van der Waals surface area (Å²) in [5.74, 6) is 0.527. The number of H-pyrrole nitrogens is 2. The van der Waals surface area contributed by atoms with Crippen molar-refractivity contribution in [1.29, 1.82) is 0 Å². The molecule has 0 aliphatic carbocycles. The summed E-state index contributed by atoms with van der Waals surface area (Å²) in [5.41, 5.74) is 6.46. The first kappa shape index (κ1) is 24.3. The molecule has 0 saturated carbocycles. The first-order valence-electron chi connectivity index (χ1n) is 10.8. The Morgan fingerprint density at radius 3 is 2.83 bits per heavy atom. The zero-order valence-corrected chi connectivity index (χ0v) is 20.3. The molecular weight excluding hydrogens is 511 g/mol. The molecule has 1 unspecified atom stereocenters. The van der Waals surface area contributed by atoms with Crippen LogP contribution < -0.4 is 16.2 Å². The van der Waals surface area contributed by atoms with Crippen LogP contribution in [-0.4, -0.2) is 59.0 Å². The number of aliphatic hydroxyl groups excluding tert-OH is 1. The van der Waals surface area contributed by atoms with Gasteiger partial charge in [-0.3, -0.25) is 4.57 Å². The molecule has 0 radical (unpaired) electrons. The van der Waals surface area contributed by atoms with Gasteiger partial charge in [0.05, 0.1) is 17.8 Å². The maximum Gasteiger partial charge on any atom is 0.695 e. The number of ether oxygens (including phenoxy) is 2. The van der Waals surface area contributed by atoms with Crippen LogP contribution in [-0.2, 0) is 20.4 Å². The maximum absolute atomic E-state index is 12.3. The number of nitrogens with zero attached hydrogens (tertiary/aromatic N) is 3. The van der Waals surface area contributed by atoms with E-state index in [1.807, 2.05) is 29.0 Å². The van der Waals surface area contributed by atoms with Crippen LogP contribution in [0.4, 0.5) is 5.82 Å². The Morgan fingerprint density at radius 2 is 2.11 bits per heavy atom. The molecule has 1 aromatic carbocycles. The molecule has 36 heavy (non-hydrogen) atoms. The third kappa shape index (κ3) is 4.82. The van der Waals surface area contributed by atoms with Gasteiger partial charge in [-0.05, 0) is 30.4 Å². The van der Waals surface area contributed by atoms with E-state index >= 15 is 0 Å². The number of nitrogens with one attached hydrogen (secondary N) is 2. The van der Waals surface area contributed by atoms with Gasteiger partial charge in [0.15, 0.2) is 17.1 Å². The molecule has 0 amide bonds. The predicted molar refractivity (Wildman–Crippen MR) is 130 cm³/mol. The molecule has 5 atom stereocenters. The van der Waals surface area contributed by atoms with Crippen LogP contribution in [0, 0.1) is 4.77 Å². The van der Waals surface area contributed by atoms with E-state index in [1.54, 1.807) is 12.3 Å². The fourth-order valence-corrected chi connectivity index (χ4v) is 4.88. The van der Waals surface area contributed by atoms with Gasteiger partial charge >= 0.3 is 13.9 Å². The third-order valence-corrected chi connectivity index (χ3v) is 6.44. The Balaban J connectivity index is 1.40. The van der Waals surface area contributed by atoms with E-state index < -0.39 is 38.5 Å². The highest BCUT2D eigenvalue weighted by molar-refractivity contribution is 7.71. The van der Waals surface area contributed by atoms with Crippen molar-refractivity contribution in [2.75, 3.05) is 12.3 Å². The number of hydrogen-bond acceptors (Lipinski definition) is 9. The number of benzene rings is 1. The minimum atomic E-state index is -3.07. The van der Waals surface area contributed by atoms with Crippen molar-refractivity contribution < 1.29 is 28.6 Å². The molecule has 15 heteroatoms. The number of aromatic nitrogens is 5. The van der Waals surface area contributed by atoms with Crippen molar-refractivity contribution in [2.24, 2.45) is 0 Å². The van der Waals surface area contributed by atoms with Crippen LogP contribution in [0.15, 0.2) is 53.7 Å². The van der Waals surface area contributed by atoms with Crippen LogP contribution in [0.3, 0.4) is 0 Å². The summed E-state index contributed by atoms with van der Waals surface area (Å²) >= 11 is 5.10. The van der Waals surface area contributed by atoms with Crippen molar-refractivity contribution in [3.63, 3.8) is 0 Å². The third-order valence-electron chi connectivity index (χ3n) is 5.79. The number of hydrogen-bond donors (Lipinski definition) is 5. The molecule has 3 aromatic heterocycles. The van der Waals surface area contributed by atoms with Gasteiger partial charge in [0.25, 0.3) is 0 Å². The summed E-state index contributed by atoms with van der Waals surface area (Å²) in [7, 11) is -3.07. The number of nitrogen functional groups attached to an aromatic ring is 1. The van der Waals surface area contributed by atoms with Gasteiger partial charge in [0.2, 0.25) is 0 Å². The van der Waals surface area contributed by atoms with Gasteiger partial charge in [-0.1, -0.05) is 12.1 Å². The molecule has 0 bridgehead atoms. The Hall–Kier alpha value is -3.39. The first-order chi connectivity index (χ1) is 17.3. The van der Waals surface area contributed by atoms with E-state index in [2.05, 4.69) is 15.0 Å². The number of para-hydroxylation sites is 1. The molecule has 13 nitrogen and oxygen atoms in total. The summed E-state index contributed by atoms with van der Waals surface area (Å²) in [6.45, 7) is 0.358. The van der Waals surface area contributed by atoms with Crippen molar-refractivity contribution in [3.05, 3.63) is 69.9 Å². The van der Waals surface area contributed by atoms with E-state index in [1.165, 1.54) is 12.3 Å². The second kappa shape index (κ2) is 9.93. The zero-order chi connectivity index (χ0) is 25.4. The number of fused-ring (bicyclic) bond motifs is 1. The van der Waals surface area contributed by atoms with Gasteiger partial charge in [-0.25, -0.2) is 4.79 Å². The Morgan fingerprint density at radius 1 is 1.28 bits per heavy atom. The summed E-state index contributed by atoms with van der Waals surface area (Å²) in [6, 6.07) is 8.86. The van der Waals surface area contributed by atoms with Gasteiger partial charge in [-0.2, -0.15) is 4.98 Å². The SMILES string of the molecule is Nc1ccn([C@@H]2O[C@H](COc3cccc4ccn(Cc5c[nH]c(=S)[nH]5)c34)[C@@H](O[P+](=O)O)[C@H]2O)c(=O)n1. The van der Waals surface area contributed by atoms with E-state index in [4.69, 9.17) is 31.9 Å². The predicted octanol–water partition coefficient (Wildman–Crippen LogP) is 1.59. The fourth-order valence-electron chi connectivity index (χ4n) is 4.22. The molecule has 1 fully saturated rings. The van der Waals surface area contributed by atoms with E-state index in [9.17, 15) is 19.4 Å². The molecule has 4 aromatic rings. The van der Waals surface area contributed by atoms with Gasteiger partial charge in [0.1, 0.15) is 30.4 Å². The van der Waals surface area contributed by atoms with Crippen molar-refractivity contribution >= 4 is 37.2 Å². The fraction of sp³-hybridized carbons (Fsp3) is 0.286. The minimum Gasteiger partial charge on any atom is -0.489 e. The second-order valence-electron chi connectivity index (χ2n) is 8.12. The average molecular weight is 533 g/mol. The van der Waals surface area contributed by atoms with Crippen molar-refractivity contribution in [2.45, 2.75) is 31.1 Å². The first-order valence-corrected chi connectivity index (χ1v) is 12.3. The van der Waals surface area contributed by atoms with Crippen molar-refractivity contribution in [3.8, 4) is 5.75 Å². The second-order valence-corrected chi connectivity index (χ2v) is 9.22.